The molecule has 1 aromatic carbocycles. The first-order valence-corrected chi connectivity index (χ1v) is 4.10. The van der Waals surface area contributed by atoms with E-state index < -0.39 is 0 Å². The minimum absolute atomic E-state index is 0.322. The van der Waals surface area contributed by atoms with E-state index in [0.717, 1.165) is 0 Å². The van der Waals surface area contributed by atoms with Crippen molar-refractivity contribution in [3.8, 4) is 0 Å². The number of hydrogen-bond acceptors (Lipinski definition) is 1. The lowest BCUT2D eigenvalue weighted by atomic mass is 10.1. The average Bonchev–Trinajstić information content (AvgIpc) is 2.09. The predicted molar refractivity (Wildman–Crippen MR) is 51.2 cm³/mol. The first-order valence-electron chi connectivity index (χ1n) is 3.72. The summed E-state index contributed by atoms with van der Waals surface area (Å²) < 4.78 is 13.1. The zero-order valence-corrected chi connectivity index (χ0v) is 7.81. The van der Waals surface area contributed by atoms with Gasteiger partial charge in [-0.05, 0) is 36.8 Å². The van der Waals surface area contributed by atoms with Crippen LogP contribution in [0.2, 0.25) is 5.02 Å². The van der Waals surface area contributed by atoms with Gasteiger partial charge in [-0.3, -0.25) is 4.79 Å². The minimum atomic E-state index is -0.375. The Balaban J connectivity index is 3.15. The van der Waals surface area contributed by atoms with Crippen molar-refractivity contribution < 1.29 is 9.18 Å². The molecule has 0 fully saturated rings. The highest BCUT2D eigenvalue weighted by Crippen LogP contribution is 2.20. The van der Waals surface area contributed by atoms with Crippen molar-refractivity contribution in [1.29, 1.82) is 0 Å². The summed E-state index contributed by atoms with van der Waals surface area (Å²) in [5.74, 6) is -0.375. The van der Waals surface area contributed by atoms with Crippen LogP contribution in [0.4, 0.5) is 4.39 Å². The van der Waals surface area contributed by atoms with Crippen molar-refractivity contribution >= 4 is 24.0 Å². The maximum absolute atomic E-state index is 13.1. The molecule has 1 aromatic rings. The van der Waals surface area contributed by atoms with Gasteiger partial charge in [-0.25, -0.2) is 4.39 Å². The topological polar surface area (TPSA) is 17.1 Å². The number of rotatable bonds is 2. The summed E-state index contributed by atoms with van der Waals surface area (Å²) in [4.78, 5) is 10.00. The molecule has 3 heteroatoms. The molecule has 0 radical (unpaired) electrons. The molecule has 0 bridgehead atoms. The fourth-order valence-electron chi connectivity index (χ4n) is 0.932. The SMILES string of the molecule is Cc1cc(F)c(C=CC=O)cc1Cl. The summed E-state index contributed by atoms with van der Waals surface area (Å²) in [6.07, 6.45) is 3.20. The highest BCUT2D eigenvalue weighted by Gasteiger charge is 2.02. The molecule has 0 unspecified atom stereocenters. The Morgan fingerprint density at radius 1 is 1.46 bits per heavy atom. The highest BCUT2D eigenvalue weighted by molar-refractivity contribution is 6.31. The summed E-state index contributed by atoms with van der Waals surface area (Å²) in [5, 5.41) is 0.493. The lowest BCUT2D eigenvalue weighted by Crippen LogP contribution is -1.85. The van der Waals surface area contributed by atoms with Crippen molar-refractivity contribution in [2.75, 3.05) is 0 Å². The lowest BCUT2D eigenvalue weighted by molar-refractivity contribution is -0.104. The third kappa shape index (κ3) is 2.39. The second-order valence-electron chi connectivity index (χ2n) is 2.62. The van der Waals surface area contributed by atoms with Gasteiger partial charge in [0.2, 0.25) is 0 Å². The van der Waals surface area contributed by atoms with E-state index in [1.807, 2.05) is 0 Å². The predicted octanol–water partition coefficient (Wildman–Crippen LogP) is 3.00. The Morgan fingerprint density at radius 3 is 2.77 bits per heavy atom. The van der Waals surface area contributed by atoms with Gasteiger partial charge in [0.25, 0.3) is 0 Å². The Kier molecular flexibility index (Phi) is 3.20. The quantitative estimate of drug-likeness (QED) is 0.528. The second kappa shape index (κ2) is 4.19. The summed E-state index contributed by atoms with van der Waals surface area (Å²) in [6, 6.07) is 2.83. The molecule has 0 spiro atoms. The summed E-state index contributed by atoms with van der Waals surface area (Å²) >= 11 is 5.78. The van der Waals surface area contributed by atoms with Gasteiger partial charge in [0.05, 0.1) is 0 Å². The maximum atomic E-state index is 13.1. The van der Waals surface area contributed by atoms with Crippen LogP contribution < -0.4 is 0 Å². The first-order chi connectivity index (χ1) is 6.15. The standard InChI is InChI=1S/C10H8ClFO/c1-7-5-10(12)8(3-2-4-13)6-9(7)11/h2-6H,1H3. The Hall–Kier alpha value is -1.15. The van der Waals surface area contributed by atoms with E-state index in [4.69, 9.17) is 11.6 Å². The van der Waals surface area contributed by atoms with Gasteiger partial charge in [-0.15, -0.1) is 0 Å². The van der Waals surface area contributed by atoms with Gasteiger partial charge < -0.3 is 0 Å². The van der Waals surface area contributed by atoms with Crippen molar-refractivity contribution in [1.82, 2.24) is 0 Å². The average molecular weight is 199 g/mol. The number of aldehydes is 1. The van der Waals surface area contributed by atoms with E-state index in [1.54, 1.807) is 6.92 Å². The third-order valence-electron chi connectivity index (χ3n) is 1.63. The largest absolute Gasteiger partial charge is 0.299 e. The molecule has 68 valence electrons. The smallest absolute Gasteiger partial charge is 0.142 e. The van der Waals surface area contributed by atoms with Crippen LogP contribution in [0.1, 0.15) is 11.1 Å². The van der Waals surface area contributed by atoms with E-state index in [0.29, 0.717) is 22.4 Å². The third-order valence-corrected chi connectivity index (χ3v) is 2.04. The molecular formula is C10H8ClFO. The summed E-state index contributed by atoms with van der Waals surface area (Å²) in [5.41, 5.74) is 1.00. The van der Waals surface area contributed by atoms with E-state index in [2.05, 4.69) is 0 Å². The van der Waals surface area contributed by atoms with Gasteiger partial charge >= 0.3 is 0 Å². The van der Waals surface area contributed by atoms with Crippen LogP contribution in [0.25, 0.3) is 6.08 Å². The molecule has 0 amide bonds. The molecule has 0 atom stereocenters. The van der Waals surface area contributed by atoms with Crippen LogP contribution >= 0.6 is 11.6 Å². The second-order valence-corrected chi connectivity index (χ2v) is 3.03. The van der Waals surface area contributed by atoms with Crippen molar-refractivity contribution in [3.63, 3.8) is 0 Å². The van der Waals surface area contributed by atoms with Gasteiger partial charge in [0, 0.05) is 10.6 Å². The minimum Gasteiger partial charge on any atom is -0.299 e. The number of allylic oxidation sites excluding steroid dienone is 1. The normalized spacial score (nSPS) is 10.7. The van der Waals surface area contributed by atoms with E-state index in [1.165, 1.54) is 24.3 Å². The fraction of sp³-hybridized carbons (Fsp3) is 0.100. The van der Waals surface area contributed by atoms with Crippen molar-refractivity contribution in [3.05, 3.63) is 40.2 Å². The summed E-state index contributed by atoms with van der Waals surface area (Å²) in [6.45, 7) is 1.72. The van der Waals surface area contributed by atoms with Gasteiger partial charge in [-0.2, -0.15) is 0 Å². The first kappa shape index (κ1) is 9.93. The Labute approximate surface area is 80.8 Å². The summed E-state index contributed by atoms with van der Waals surface area (Å²) in [7, 11) is 0. The van der Waals surface area contributed by atoms with E-state index in [-0.39, 0.29) is 5.82 Å². The lowest BCUT2D eigenvalue weighted by Gasteiger charge is -2.00. The zero-order valence-electron chi connectivity index (χ0n) is 7.05. The molecule has 0 N–H and O–H groups in total. The number of carbonyl (C=O) groups is 1. The molecule has 0 heterocycles. The molecule has 0 aliphatic rings. The van der Waals surface area contributed by atoms with Gasteiger partial charge in [-0.1, -0.05) is 11.6 Å². The number of hydrogen-bond donors (Lipinski definition) is 0. The number of aryl methyl sites for hydroxylation is 1. The molecule has 0 aromatic heterocycles. The van der Waals surface area contributed by atoms with Crippen LogP contribution in [0.3, 0.4) is 0 Å². The Morgan fingerprint density at radius 2 is 2.15 bits per heavy atom. The molecule has 1 nitrogen and oxygen atoms in total. The molecule has 0 saturated carbocycles. The maximum Gasteiger partial charge on any atom is 0.142 e. The molecule has 0 aliphatic carbocycles. The molecule has 13 heavy (non-hydrogen) atoms. The van der Waals surface area contributed by atoms with Gasteiger partial charge in [0.1, 0.15) is 12.1 Å². The van der Waals surface area contributed by atoms with Crippen LogP contribution in [-0.4, -0.2) is 6.29 Å². The molecule has 0 saturated heterocycles. The number of benzene rings is 1. The van der Waals surface area contributed by atoms with Gasteiger partial charge in [0.15, 0.2) is 0 Å². The van der Waals surface area contributed by atoms with E-state index in [9.17, 15) is 9.18 Å². The molecule has 0 aliphatic heterocycles. The fourth-order valence-corrected chi connectivity index (χ4v) is 1.10. The molecule has 1 rings (SSSR count). The van der Waals surface area contributed by atoms with Crippen LogP contribution in [0.5, 0.6) is 0 Å². The Bertz CT molecular complexity index is 358. The van der Waals surface area contributed by atoms with Crippen molar-refractivity contribution in [2.45, 2.75) is 6.92 Å². The zero-order chi connectivity index (χ0) is 9.84. The van der Waals surface area contributed by atoms with E-state index >= 15 is 0 Å². The molecular weight excluding hydrogens is 191 g/mol. The number of halogens is 2. The monoisotopic (exact) mass is 198 g/mol. The van der Waals surface area contributed by atoms with Crippen LogP contribution in [0.15, 0.2) is 18.2 Å². The number of carbonyl (C=O) groups excluding carboxylic acids is 1. The van der Waals surface area contributed by atoms with Crippen LogP contribution in [-0.2, 0) is 4.79 Å². The highest BCUT2D eigenvalue weighted by atomic mass is 35.5. The van der Waals surface area contributed by atoms with Crippen LogP contribution in [0, 0.1) is 12.7 Å². The van der Waals surface area contributed by atoms with Crippen molar-refractivity contribution in [2.24, 2.45) is 0 Å².